The van der Waals surface area contributed by atoms with Crippen LogP contribution in [-0.4, -0.2) is 10.9 Å². The summed E-state index contributed by atoms with van der Waals surface area (Å²) in [5, 5.41) is 2.92. The minimum Gasteiger partial charge on any atom is -0.352 e. The Balaban J connectivity index is 1.82. The first-order valence-corrected chi connectivity index (χ1v) is 6.46. The van der Waals surface area contributed by atoms with Gasteiger partial charge in [0.2, 0.25) is 5.91 Å². The first-order chi connectivity index (χ1) is 9.25. The predicted octanol–water partition coefficient (Wildman–Crippen LogP) is 2.89. The third-order valence-electron chi connectivity index (χ3n) is 3.07. The highest BCUT2D eigenvalue weighted by molar-refractivity contribution is 5.76. The molecular weight excluding hydrogens is 236 g/mol. The second kappa shape index (κ2) is 6.69. The highest BCUT2D eigenvalue weighted by Gasteiger charge is 2.10. The normalized spacial score (nSPS) is 11.8. The number of carbonyl (C=O) groups excluding carboxylic acids is 1. The molecule has 0 bridgehead atoms. The van der Waals surface area contributed by atoms with Gasteiger partial charge < -0.3 is 5.32 Å². The summed E-state index contributed by atoms with van der Waals surface area (Å²) >= 11 is 0. The van der Waals surface area contributed by atoms with E-state index in [1.165, 1.54) is 5.56 Å². The molecule has 1 aromatic heterocycles. The molecule has 0 saturated carbocycles. The second-order valence-electron chi connectivity index (χ2n) is 4.65. The van der Waals surface area contributed by atoms with Crippen LogP contribution in [0.2, 0.25) is 0 Å². The van der Waals surface area contributed by atoms with Crippen LogP contribution in [0.15, 0.2) is 54.9 Å². The minimum absolute atomic E-state index is 0.0696. The van der Waals surface area contributed by atoms with E-state index < -0.39 is 0 Å². The minimum atomic E-state index is 0.0696. The third kappa shape index (κ3) is 4.21. The molecule has 0 fully saturated rings. The van der Waals surface area contributed by atoms with Gasteiger partial charge in [-0.25, -0.2) is 0 Å². The highest BCUT2D eigenvalue weighted by atomic mass is 16.1. The Labute approximate surface area is 113 Å². The molecule has 0 aliphatic carbocycles. The molecule has 98 valence electrons. The molecule has 3 heteroatoms. The molecule has 1 aromatic carbocycles. The maximum Gasteiger partial charge on any atom is 0.220 e. The van der Waals surface area contributed by atoms with Gasteiger partial charge in [0.15, 0.2) is 0 Å². The standard InChI is InChI=1S/C16H18N2O/c1-13(15-7-3-2-4-8-15)10-16(19)18-12-14-6-5-9-17-11-14/h2-9,11,13H,10,12H2,1H3,(H,18,19)/t13-/m1/s1. The number of rotatable bonds is 5. The molecule has 0 spiro atoms. The Hall–Kier alpha value is -2.16. The topological polar surface area (TPSA) is 42.0 Å². The van der Waals surface area contributed by atoms with Gasteiger partial charge in [-0.3, -0.25) is 9.78 Å². The van der Waals surface area contributed by atoms with Crippen molar-refractivity contribution in [3.63, 3.8) is 0 Å². The maximum atomic E-state index is 11.9. The molecule has 1 N–H and O–H groups in total. The lowest BCUT2D eigenvalue weighted by Gasteiger charge is -2.11. The number of hydrogen-bond donors (Lipinski definition) is 1. The van der Waals surface area contributed by atoms with Gasteiger partial charge in [0, 0.05) is 25.4 Å². The van der Waals surface area contributed by atoms with E-state index in [2.05, 4.69) is 29.4 Å². The quantitative estimate of drug-likeness (QED) is 0.891. The van der Waals surface area contributed by atoms with Crippen LogP contribution < -0.4 is 5.32 Å². The molecular formula is C16H18N2O. The van der Waals surface area contributed by atoms with Crippen molar-refractivity contribution in [2.24, 2.45) is 0 Å². The molecule has 3 nitrogen and oxygen atoms in total. The van der Waals surface area contributed by atoms with Crippen LogP contribution in [0.25, 0.3) is 0 Å². The largest absolute Gasteiger partial charge is 0.352 e. The van der Waals surface area contributed by atoms with Gasteiger partial charge in [0.1, 0.15) is 0 Å². The maximum absolute atomic E-state index is 11.9. The van der Waals surface area contributed by atoms with Crippen molar-refractivity contribution in [3.05, 3.63) is 66.0 Å². The number of aromatic nitrogens is 1. The van der Waals surface area contributed by atoms with E-state index in [0.717, 1.165) is 5.56 Å². The van der Waals surface area contributed by atoms with Crippen LogP contribution in [0.1, 0.15) is 30.4 Å². The van der Waals surface area contributed by atoms with Crippen molar-refractivity contribution in [1.29, 1.82) is 0 Å². The highest BCUT2D eigenvalue weighted by Crippen LogP contribution is 2.18. The smallest absolute Gasteiger partial charge is 0.220 e. The summed E-state index contributed by atoms with van der Waals surface area (Å²) in [4.78, 5) is 15.9. The van der Waals surface area contributed by atoms with Crippen molar-refractivity contribution >= 4 is 5.91 Å². The fourth-order valence-corrected chi connectivity index (χ4v) is 1.95. The van der Waals surface area contributed by atoms with Crippen LogP contribution >= 0.6 is 0 Å². The number of hydrogen-bond acceptors (Lipinski definition) is 2. The van der Waals surface area contributed by atoms with E-state index in [1.807, 2.05) is 30.3 Å². The molecule has 0 radical (unpaired) electrons. The summed E-state index contributed by atoms with van der Waals surface area (Å²) in [6, 6.07) is 13.9. The number of nitrogens with one attached hydrogen (secondary N) is 1. The van der Waals surface area contributed by atoms with E-state index in [9.17, 15) is 4.79 Å². The van der Waals surface area contributed by atoms with Gasteiger partial charge in [-0.05, 0) is 23.1 Å². The lowest BCUT2D eigenvalue weighted by molar-refractivity contribution is -0.121. The molecule has 0 aliphatic rings. The van der Waals surface area contributed by atoms with E-state index in [0.29, 0.717) is 13.0 Å². The summed E-state index contributed by atoms with van der Waals surface area (Å²) in [5.41, 5.74) is 2.21. The SMILES string of the molecule is C[C@H](CC(=O)NCc1cccnc1)c1ccccc1. The second-order valence-corrected chi connectivity index (χ2v) is 4.65. The lowest BCUT2D eigenvalue weighted by Crippen LogP contribution is -2.24. The molecule has 1 heterocycles. The number of pyridine rings is 1. The summed E-state index contributed by atoms with van der Waals surface area (Å²) < 4.78 is 0. The first-order valence-electron chi connectivity index (χ1n) is 6.46. The molecule has 1 amide bonds. The number of nitrogens with zero attached hydrogens (tertiary/aromatic N) is 1. The van der Waals surface area contributed by atoms with Crippen LogP contribution in [0.5, 0.6) is 0 Å². The van der Waals surface area contributed by atoms with E-state index >= 15 is 0 Å². The fourth-order valence-electron chi connectivity index (χ4n) is 1.95. The molecule has 0 aliphatic heterocycles. The van der Waals surface area contributed by atoms with Crippen molar-refractivity contribution in [2.75, 3.05) is 0 Å². The average molecular weight is 254 g/mol. The van der Waals surface area contributed by atoms with Crippen molar-refractivity contribution in [1.82, 2.24) is 10.3 Å². The van der Waals surface area contributed by atoms with Crippen LogP contribution in [0, 0.1) is 0 Å². The molecule has 0 unspecified atom stereocenters. The number of amides is 1. The van der Waals surface area contributed by atoms with E-state index in [-0.39, 0.29) is 11.8 Å². The zero-order valence-corrected chi connectivity index (χ0v) is 11.0. The van der Waals surface area contributed by atoms with Gasteiger partial charge in [0.25, 0.3) is 0 Å². The van der Waals surface area contributed by atoms with Gasteiger partial charge in [-0.1, -0.05) is 43.3 Å². The molecule has 19 heavy (non-hydrogen) atoms. The molecule has 2 rings (SSSR count). The average Bonchev–Trinajstić information content (AvgIpc) is 2.47. The predicted molar refractivity (Wildman–Crippen MR) is 75.6 cm³/mol. The van der Waals surface area contributed by atoms with Crippen molar-refractivity contribution < 1.29 is 4.79 Å². The van der Waals surface area contributed by atoms with Gasteiger partial charge >= 0.3 is 0 Å². The zero-order valence-electron chi connectivity index (χ0n) is 11.0. The Morgan fingerprint density at radius 3 is 2.68 bits per heavy atom. The summed E-state index contributed by atoms with van der Waals surface area (Å²) in [6.07, 6.45) is 3.99. The van der Waals surface area contributed by atoms with Crippen LogP contribution in [0.4, 0.5) is 0 Å². The summed E-state index contributed by atoms with van der Waals surface area (Å²) in [7, 11) is 0. The fraction of sp³-hybridized carbons (Fsp3) is 0.250. The van der Waals surface area contributed by atoms with Crippen molar-refractivity contribution in [2.45, 2.75) is 25.8 Å². The van der Waals surface area contributed by atoms with Crippen LogP contribution in [-0.2, 0) is 11.3 Å². The van der Waals surface area contributed by atoms with Crippen LogP contribution in [0.3, 0.4) is 0 Å². The van der Waals surface area contributed by atoms with Gasteiger partial charge in [-0.2, -0.15) is 0 Å². The Morgan fingerprint density at radius 1 is 1.21 bits per heavy atom. The van der Waals surface area contributed by atoms with E-state index in [1.54, 1.807) is 12.4 Å². The third-order valence-corrected chi connectivity index (χ3v) is 3.07. The van der Waals surface area contributed by atoms with Crippen molar-refractivity contribution in [3.8, 4) is 0 Å². The summed E-state index contributed by atoms with van der Waals surface area (Å²) in [6.45, 7) is 2.60. The number of benzene rings is 1. The Kier molecular flexibility index (Phi) is 4.67. The van der Waals surface area contributed by atoms with Gasteiger partial charge in [-0.15, -0.1) is 0 Å². The Bertz CT molecular complexity index is 511. The number of carbonyl (C=O) groups is 1. The summed E-state index contributed by atoms with van der Waals surface area (Å²) in [5.74, 6) is 0.301. The molecule has 2 aromatic rings. The Morgan fingerprint density at radius 2 is 2.00 bits per heavy atom. The van der Waals surface area contributed by atoms with E-state index in [4.69, 9.17) is 0 Å². The first kappa shape index (κ1) is 13.3. The molecule has 0 saturated heterocycles. The van der Waals surface area contributed by atoms with Gasteiger partial charge in [0.05, 0.1) is 0 Å². The lowest BCUT2D eigenvalue weighted by atomic mass is 9.97. The monoisotopic (exact) mass is 254 g/mol. The molecule has 1 atom stereocenters. The zero-order chi connectivity index (χ0) is 13.5.